The van der Waals surface area contributed by atoms with Crippen LogP contribution in [0.2, 0.25) is 0 Å². The van der Waals surface area contributed by atoms with Crippen molar-refractivity contribution in [3.8, 4) is 5.75 Å². The Bertz CT molecular complexity index is 600. The molecule has 3 nitrogen and oxygen atoms in total. The number of rotatable bonds is 5. The van der Waals surface area contributed by atoms with Crippen LogP contribution in [0.1, 0.15) is 30.7 Å². The summed E-state index contributed by atoms with van der Waals surface area (Å²) < 4.78 is 11.6. The number of benzene rings is 1. The molecule has 19 heavy (non-hydrogen) atoms. The molecule has 1 aromatic heterocycles. The predicted molar refractivity (Wildman–Crippen MR) is 74.3 cm³/mol. The van der Waals surface area contributed by atoms with Gasteiger partial charge in [-0.1, -0.05) is 0 Å². The highest BCUT2D eigenvalue weighted by Gasteiger charge is 2.40. The van der Waals surface area contributed by atoms with E-state index in [0.29, 0.717) is 11.8 Å². The molecule has 0 aliphatic heterocycles. The molecule has 2 aliphatic rings. The molecule has 1 aromatic carbocycles. The van der Waals surface area contributed by atoms with Gasteiger partial charge in [0.15, 0.2) is 0 Å². The van der Waals surface area contributed by atoms with E-state index in [0.717, 1.165) is 30.4 Å². The fraction of sp³-hybridized carbons (Fsp3) is 0.500. The lowest BCUT2D eigenvalue weighted by atomic mass is 10.0. The summed E-state index contributed by atoms with van der Waals surface area (Å²) in [6, 6.07) is 6.14. The van der Waals surface area contributed by atoms with Crippen molar-refractivity contribution in [2.45, 2.75) is 25.2 Å². The molecule has 2 N–H and O–H groups in total. The lowest BCUT2D eigenvalue weighted by Gasteiger charge is -2.12. The third-order valence-electron chi connectivity index (χ3n) is 4.40. The first-order valence-corrected chi connectivity index (χ1v) is 7.20. The van der Waals surface area contributed by atoms with E-state index in [1.807, 2.05) is 6.07 Å². The quantitative estimate of drug-likeness (QED) is 0.894. The van der Waals surface area contributed by atoms with E-state index in [1.165, 1.54) is 30.2 Å². The number of nitrogens with two attached hydrogens (primary N) is 1. The zero-order chi connectivity index (χ0) is 12.8. The van der Waals surface area contributed by atoms with Gasteiger partial charge in [0, 0.05) is 10.9 Å². The molecule has 2 aromatic rings. The first-order chi connectivity index (χ1) is 9.36. The zero-order valence-corrected chi connectivity index (χ0v) is 11.0. The van der Waals surface area contributed by atoms with E-state index in [1.54, 1.807) is 6.26 Å². The maximum absolute atomic E-state index is 6.05. The molecule has 2 fully saturated rings. The molecule has 0 bridgehead atoms. The van der Waals surface area contributed by atoms with Crippen LogP contribution in [0.4, 0.5) is 0 Å². The summed E-state index contributed by atoms with van der Waals surface area (Å²) in [7, 11) is 0. The van der Waals surface area contributed by atoms with Gasteiger partial charge in [0.05, 0.1) is 12.9 Å². The summed E-state index contributed by atoms with van der Waals surface area (Å²) in [5.74, 6) is 2.99. The van der Waals surface area contributed by atoms with Crippen LogP contribution in [-0.2, 0) is 0 Å². The monoisotopic (exact) mass is 257 g/mol. The van der Waals surface area contributed by atoms with Crippen molar-refractivity contribution in [1.29, 1.82) is 0 Å². The van der Waals surface area contributed by atoms with E-state index in [9.17, 15) is 0 Å². The number of hydrogen-bond acceptors (Lipinski definition) is 3. The standard InChI is InChI=1S/C16H19NO2/c17-8-11-7-13(11)16-12-5-6-18-14(12)3-4-15(16)19-9-10-1-2-10/h3-6,10-11,13H,1-2,7-9,17H2/t11-,13+/m1/s1. The molecule has 0 saturated heterocycles. The second-order valence-corrected chi connectivity index (χ2v) is 5.90. The molecule has 1 heterocycles. The zero-order valence-electron chi connectivity index (χ0n) is 11.0. The van der Waals surface area contributed by atoms with Gasteiger partial charge < -0.3 is 14.9 Å². The number of ether oxygens (including phenoxy) is 1. The Labute approximate surface area is 112 Å². The smallest absolute Gasteiger partial charge is 0.134 e. The van der Waals surface area contributed by atoms with Crippen molar-refractivity contribution in [1.82, 2.24) is 0 Å². The highest BCUT2D eigenvalue weighted by atomic mass is 16.5. The molecule has 4 rings (SSSR count). The molecule has 0 unspecified atom stereocenters. The third-order valence-corrected chi connectivity index (χ3v) is 4.40. The van der Waals surface area contributed by atoms with E-state index in [2.05, 4.69) is 12.1 Å². The van der Waals surface area contributed by atoms with Crippen LogP contribution in [0.15, 0.2) is 28.9 Å². The van der Waals surface area contributed by atoms with Crippen LogP contribution >= 0.6 is 0 Å². The topological polar surface area (TPSA) is 48.4 Å². The van der Waals surface area contributed by atoms with Crippen LogP contribution in [0.3, 0.4) is 0 Å². The Hall–Kier alpha value is -1.48. The van der Waals surface area contributed by atoms with E-state index in [-0.39, 0.29) is 0 Å². The van der Waals surface area contributed by atoms with E-state index in [4.69, 9.17) is 14.9 Å². The lowest BCUT2D eigenvalue weighted by molar-refractivity contribution is 0.297. The first kappa shape index (κ1) is 11.4. The number of fused-ring (bicyclic) bond motifs is 1. The molecule has 0 radical (unpaired) electrons. The lowest BCUT2D eigenvalue weighted by Crippen LogP contribution is -2.05. The number of furan rings is 1. The van der Waals surface area contributed by atoms with Gasteiger partial charge in [-0.25, -0.2) is 0 Å². The second kappa shape index (κ2) is 4.27. The Morgan fingerprint density at radius 1 is 1.26 bits per heavy atom. The fourth-order valence-corrected chi connectivity index (χ4v) is 2.91. The van der Waals surface area contributed by atoms with Crippen molar-refractivity contribution in [2.24, 2.45) is 17.6 Å². The summed E-state index contributed by atoms with van der Waals surface area (Å²) in [6.07, 6.45) is 5.58. The summed E-state index contributed by atoms with van der Waals surface area (Å²) in [6.45, 7) is 1.62. The molecule has 2 atom stereocenters. The van der Waals surface area contributed by atoms with Gasteiger partial charge in [-0.2, -0.15) is 0 Å². The molecule has 100 valence electrons. The van der Waals surface area contributed by atoms with Crippen LogP contribution in [0.5, 0.6) is 5.75 Å². The largest absolute Gasteiger partial charge is 0.493 e. The van der Waals surface area contributed by atoms with Gasteiger partial charge in [0.2, 0.25) is 0 Å². The maximum Gasteiger partial charge on any atom is 0.134 e. The van der Waals surface area contributed by atoms with Crippen LogP contribution < -0.4 is 10.5 Å². The van der Waals surface area contributed by atoms with E-state index >= 15 is 0 Å². The highest BCUT2D eigenvalue weighted by molar-refractivity contribution is 5.84. The molecule has 2 aliphatic carbocycles. The minimum absolute atomic E-state index is 0.556. The van der Waals surface area contributed by atoms with Crippen LogP contribution in [-0.4, -0.2) is 13.2 Å². The van der Waals surface area contributed by atoms with Gasteiger partial charge in [-0.05, 0) is 61.8 Å². The average Bonchev–Trinajstić information content (AvgIpc) is 3.33. The highest BCUT2D eigenvalue weighted by Crippen LogP contribution is 2.52. The van der Waals surface area contributed by atoms with E-state index < -0.39 is 0 Å². The van der Waals surface area contributed by atoms with Crippen molar-refractivity contribution in [3.05, 3.63) is 30.0 Å². The second-order valence-electron chi connectivity index (χ2n) is 5.90. The van der Waals surface area contributed by atoms with Gasteiger partial charge >= 0.3 is 0 Å². The minimum atomic E-state index is 0.556. The van der Waals surface area contributed by atoms with Gasteiger partial charge in [0.25, 0.3) is 0 Å². The average molecular weight is 257 g/mol. The van der Waals surface area contributed by atoms with Gasteiger partial charge in [0.1, 0.15) is 11.3 Å². The summed E-state index contributed by atoms with van der Waals surface area (Å²) in [5, 5.41) is 1.20. The Morgan fingerprint density at radius 3 is 2.89 bits per heavy atom. The minimum Gasteiger partial charge on any atom is -0.493 e. The van der Waals surface area contributed by atoms with Gasteiger partial charge in [-0.3, -0.25) is 0 Å². The Morgan fingerprint density at radius 2 is 2.16 bits per heavy atom. The molecular formula is C16H19NO2. The SMILES string of the molecule is NC[C@H]1C[C@@H]1c1c(OCC2CC2)ccc2occc12. The van der Waals surface area contributed by atoms with Crippen molar-refractivity contribution >= 4 is 11.0 Å². The molecule has 0 amide bonds. The van der Waals surface area contributed by atoms with Crippen molar-refractivity contribution in [3.63, 3.8) is 0 Å². The normalized spacial score (nSPS) is 25.7. The molecular weight excluding hydrogens is 238 g/mol. The van der Waals surface area contributed by atoms with Crippen LogP contribution in [0.25, 0.3) is 11.0 Å². The first-order valence-electron chi connectivity index (χ1n) is 7.20. The van der Waals surface area contributed by atoms with Gasteiger partial charge in [-0.15, -0.1) is 0 Å². The molecule has 2 saturated carbocycles. The summed E-state index contributed by atoms with van der Waals surface area (Å²) in [5.41, 5.74) is 8.08. The van der Waals surface area contributed by atoms with Crippen molar-refractivity contribution < 1.29 is 9.15 Å². The molecule has 0 spiro atoms. The van der Waals surface area contributed by atoms with Crippen molar-refractivity contribution in [2.75, 3.05) is 13.2 Å². The third kappa shape index (κ3) is 2.02. The number of hydrogen-bond donors (Lipinski definition) is 1. The summed E-state index contributed by atoms with van der Waals surface area (Å²) >= 11 is 0. The fourth-order valence-electron chi connectivity index (χ4n) is 2.91. The summed E-state index contributed by atoms with van der Waals surface area (Å²) in [4.78, 5) is 0. The Balaban J connectivity index is 1.71. The van der Waals surface area contributed by atoms with Crippen LogP contribution in [0, 0.1) is 11.8 Å². The predicted octanol–water partition coefficient (Wildman–Crippen LogP) is 3.28. The Kier molecular flexibility index (Phi) is 2.55. The maximum atomic E-state index is 6.05. The molecule has 3 heteroatoms.